The summed E-state index contributed by atoms with van der Waals surface area (Å²) in [6.45, 7) is 3.75. The van der Waals surface area contributed by atoms with Crippen molar-refractivity contribution in [1.82, 2.24) is 5.32 Å². The summed E-state index contributed by atoms with van der Waals surface area (Å²) in [4.78, 5) is 0. The van der Waals surface area contributed by atoms with E-state index in [1.54, 1.807) is 7.05 Å². The van der Waals surface area contributed by atoms with Crippen molar-refractivity contribution in [2.75, 3.05) is 7.05 Å². The minimum Gasteiger partial charge on any atom is -0.313 e. The quantitative estimate of drug-likeness (QED) is 0.767. The summed E-state index contributed by atoms with van der Waals surface area (Å²) in [5.41, 5.74) is 0.159. The predicted octanol–water partition coefficient (Wildman–Crippen LogP) is 3.02. The van der Waals surface area contributed by atoms with Gasteiger partial charge in [0.1, 0.15) is 0 Å². The van der Waals surface area contributed by atoms with Crippen molar-refractivity contribution in [3.05, 3.63) is 35.1 Å². The molecule has 0 heterocycles. The summed E-state index contributed by atoms with van der Waals surface area (Å²) in [5, 5.41) is 2.88. The molecule has 0 aliphatic heterocycles. The van der Waals surface area contributed by atoms with E-state index < -0.39 is 17.5 Å². The highest BCUT2D eigenvalue weighted by atomic mass is 19.2. The Morgan fingerprint density at radius 3 is 2.13 bits per heavy atom. The first-order chi connectivity index (χ1) is 6.99. The highest BCUT2D eigenvalue weighted by Gasteiger charge is 2.21. The molecule has 15 heavy (non-hydrogen) atoms. The van der Waals surface area contributed by atoms with Crippen LogP contribution in [0, 0.1) is 23.4 Å². The molecule has 1 rings (SSSR count). The summed E-state index contributed by atoms with van der Waals surface area (Å²) in [6, 6.07) is 1.90. The molecule has 1 nitrogen and oxygen atoms in total. The molecule has 0 spiro atoms. The topological polar surface area (TPSA) is 12.0 Å². The van der Waals surface area contributed by atoms with Crippen LogP contribution < -0.4 is 5.32 Å². The van der Waals surface area contributed by atoms with E-state index in [9.17, 15) is 13.2 Å². The standard InChI is InChI=1S/C11H14F3N/c1-6(2)11(15-3)7-4-5-8(12)10(14)9(7)13/h4-6,11,15H,1-3H3. The SMILES string of the molecule is CNC(c1ccc(F)c(F)c1F)C(C)C. The van der Waals surface area contributed by atoms with Crippen molar-refractivity contribution in [3.63, 3.8) is 0 Å². The van der Waals surface area contributed by atoms with Crippen LogP contribution in [0.5, 0.6) is 0 Å². The third kappa shape index (κ3) is 2.31. The van der Waals surface area contributed by atoms with Crippen LogP contribution in [-0.2, 0) is 0 Å². The zero-order valence-corrected chi connectivity index (χ0v) is 8.94. The van der Waals surface area contributed by atoms with Crippen molar-refractivity contribution in [3.8, 4) is 0 Å². The maximum atomic E-state index is 13.4. The Morgan fingerprint density at radius 1 is 1.07 bits per heavy atom. The Hall–Kier alpha value is -1.03. The van der Waals surface area contributed by atoms with Crippen LogP contribution in [0.2, 0.25) is 0 Å². The van der Waals surface area contributed by atoms with Gasteiger partial charge in [0.15, 0.2) is 17.5 Å². The largest absolute Gasteiger partial charge is 0.313 e. The normalized spacial score (nSPS) is 13.3. The van der Waals surface area contributed by atoms with Gasteiger partial charge in [0, 0.05) is 11.6 Å². The summed E-state index contributed by atoms with van der Waals surface area (Å²) in [7, 11) is 1.66. The van der Waals surface area contributed by atoms with Gasteiger partial charge in [-0.05, 0) is 19.0 Å². The first kappa shape index (κ1) is 12.0. The molecular weight excluding hydrogens is 203 g/mol. The van der Waals surface area contributed by atoms with E-state index in [0.29, 0.717) is 0 Å². The molecule has 0 radical (unpaired) electrons. The Kier molecular flexibility index (Phi) is 3.74. The molecule has 4 heteroatoms. The van der Waals surface area contributed by atoms with Crippen molar-refractivity contribution < 1.29 is 13.2 Å². The molecule has 1 N–H and O–H groups in total. The molecule has 1 atom stereocenters. The van der Waals surface area contributed by atoms with Crippen LogP contribution in [0.15, 0.2) is 12.1 Å². The van der Waals surface area contributed by atoms with Gasteiger partial charge in [-0.3, -0.25) is 0 Å². The predicted molar refractivity (Wildman–Crippen MR) is 53.0 cm³/mol. The van der Waals surface area contributed by atoms with Crippen LogP contribution >= 0.6 is 0 Å². The van der Waals surface area contributed by atoms with Gasteiger partial charge in [-0.15, -0.1) is 0 Å². The van der Waals surface area contributed by atoms with Crippen molar-refractivity contribution in [2.24, 2.45) is 5.92 Å². The molecule has 84 valence electrons. The Balaban J connectivity index is 3.19. The molecule has 0 amide bonds. The Bertz CT molecular complexity index is 350. The summed E-state index contributed by atoms with van der Waals surface area (Å²) in [6.07, 6.45) is 0. The van der Waals surface area contributed by atoms with E-state index in [2.05, 4.69) is 5.32 Å². The van der Waals surface area contributed by atoms with Gasteiger partial charge in [0.25, 0.3) is 0 Å². The van der Waals surface area contributed by atoms with E-state index in [0.717, 1.165) is 6.07 Å². The van der Waals surface area contributed by atoms with Crippen molar-refractivity contribution in [2.45, 2.75) is 19.9 Å². The molecule has 0 aromatic heterocycles. The molecule has 0 bridgehead atoms. The molecule has 1 aromatic carbocycles. The lowest BCUT2D eigenvalue weighted by atomic mass is 9.95. The van der Waals surface area contributed by atoms with Crippen molar-refractivity contribution in [1.29, 1.82) is 0 Å². The minimum absolute atomic E-state index is 0.0920. The highest BCUT2D eigenvalue weighted by Crippen LogP contribution is 2.26. The molecule has 0 aliphatic carbocycles. The van der Waals surface area contributed by atoms with Gasteiger partial charge < -0.3 is 5.32 Å². The molecule has 0 fully saturated rings. The van der Waals surface area contributed by atoms with Crippen LogP contribution in [0.4, 0.5) is 13.2 Å². The fourth-order valence-corrected chi connectivity index (χ4v) is 1.63. The van der Waals surface area contributed by atoms with Gasteiger partial charge in [-0.1, -0.05) is 19.9 Å². The lowest BCUT2D eigenvalue weighted by Gasteiger charge is -2.21. The molecule has 0 saturated heterocycles. The molecule has 0 saturated carbocycles. The first-order valence-electron chi connectivity index (χ1n) is 4.79. The fraction of sp³-hybridized carbons (Fsp3) is 0.455. The molecular formula is C11H14F3N. The first-order valence-corrected chi connectivity index (χ1v) is 4.79. The number of halogens is 3. The third-order valence-corrected chi connectivity index (χ3v) is 2.38. The Morgan fingerprint density at radius 2 is 1.67 bits per heavy atom. The summed E-state index contributed by atoms with van der Waals surface area (Å²) < 4.78 is 39.1. The van der Waals surface area contributed by atoms with E-state index >= 15 is 0 Å². The van der Waals surface area contributed by atoms with Crippen LogP contribution in [-0.4, -0.2) is 7.05 Å². The monoisotopic (exact) mass is 217 g/mol. The molecule has 0 aliphatic rings. The van der Waals surface area contributed by atoms with Gasteiger partial charge in [-0.25, -0.2) is 13.2 Å². The maximum absolute atomic E-state index is 13.4. The molecule has 1 unspecified atom stereocenters. The molecule has 1 aromatic rings. The van der Waals surface area contributed by atoms with Crippen LogP contribution in [0.1, 0.15) is 25.5 Å². The average molecular weight is 217 g/mol. The number of hydrogen-bond donors (Lipinski definition) is 1. The van der Waals surface area contributed by atoms with E-state index in [1.807, 2.05) is 13.8 Å². The lowest BCUT2D eigenvalue weighted by molar-refractivity contribution is 0.394. The van der Waals surface area contributed by atoms with Gasteiger partial charge in [-0.2, -0.15) is 0 Å². The number of hydrogen-bond acceptors (Lipinski definition) is 1. The maximum Gasteiger partial charge on any atom is 0.194 e. The highest BCUT2D eigenvalue weighted by molar-refractivity contribution is 5.24. The fourth-order valence-electron chi connectivity index (χ4n) is 1.63. The lowest BCUT2D eigenvalue weighted by Crippen LogP contribution is -2.23. The second-order valence-electron chi connectivity index (χ2n) is 3.77. The summed E-state index contributed by atoms with van der Waals surface area (Å²) in [5.74, 6) is -3.58. The average Bonchev–Trinajstić information content (AvgIpc) is 2.18. The van der Waals surface area contributed by atoms with Crippen molar-refractivity contribution >= 4 is 0 Å². The zero-order chi connectivity index (χ0) is 11.6. The minimum atomic E-state index is -1.41. The second kappa shape index (κ2) is 4.66. The summed E-state index contributed by atoms with van der Waals surface area (Å²) >= 11 is 0. The second-order valence-corrected chi connectivity index (χ2v) is 3.77. The van der Waals surface area contributed by atoms with E-state index in [-0.39, 0.29) is 17.5 Å². The van der Waals surface area contributed by atoms with E-state index in [4.69, 9.17) is 0 Å². The number of nitrogens with one attached hydrogen (secondary N) is 1. The van der Waals surface area contributed by atoms with Gasteiger partial charge >= 0.3 is 0 Å². The third-order valence-electron chi connectivity index (χ3n) is 2.38. The van der Waals surface area contributed by atoms with Gasteiger partial charge in [0.05, 0.1) is 0 Å². The van der Waals surface area contributed by atoms with Gasteiger partial charge in [0.2, 0.25) is 0 Å². The zero-order valence-electron chi connectivity index (χ0n) is 8.94. The Labute approximate surface area is 87.3 Å². The number of benzene rings is 1. The smallest absolute Gasteiger partial charge is 0.194 e. The van der Waals surface area contributed by atoms with Crippen LogP contribution in [0.25, 0.3) is 0 Å². The van der Waals surface area contributed by atoms with Crippen LogP contribution in [0.3, 0.4) is 0 Å². The number of rotatable bonds is 3. The van der Waals surface area contributed by atoms with E-state index in [1.165, 1.54) is 6.07 Å².